The lowest BCUT2D eigenvalue weighted by Gasteiger charge is -2.02. The van der Waals surface area contributed by atoms with Crippen LogP contribution in [0.1, 0.15) is 18.1 Å². The van der Waals surface area contributed by atoms with Gasteiger partial charge < -0.3 is 18.7 Å². The second-order valence-electron chi connectivity index (χ2n) is 5.12. The van der Waals surface area contributed by atoms with E-state index in [1.165, 1.54) is 11.8 Å². The van der Waals surface area contributed by atoms with Crippen molar-refractivity contribution < 1.29 is 13.7 Å². The second kappa shape index (κ2) is 6.04. The molecular formula is C16H14N4O3S. The molecule has 0 aliphatic rings. The van der Waals surface area contributed by atoms with E-state index in [2.05, 4.69) is 20.1 Å². The number of hydrogen-bond acceptors (Lipinski definition) is 7. The molecule has 1 unspecified atom stereocenters. The van der Waals surface area contributed by atoms with Crippen molar-refractivity contribution in [3.8, 4) is 17.3 Å². The number of fused-ring (bicyclic) bond motifs is 1. The summed E-state index contributed by atoms with van der Waals surface area (Å²) >= 11 is 1.51. The molecule has 0 radical (unpaired) electrons. The van der Waals surface area contributed by atoms with Crippen LogP contribution in [-0.4, -0.2) is 27.2 Å². The maximum absolute atomic E-state index is 5.33. The van der Waals surface area contributed by atoms with E-state index in [4.69, 9.17) is 13.7 Å². The summed E-state index contributed by atoms with van der Waals surface area (Å²) in [7, 11) is 1.64. The van der Waals surface area contributed by atoms with Gasteiger partial charge in [0.1, 0.15) is 5.75 Å². The number of imidazole rings is 1. The minimum Gasteiger partial charge on any atom is -0.497 e. The average molecular weight is 342 g/mol. The van der Waals surface area contributed by atoms with Crippen LogP contribution < -0.4 is 4.74 Å². The van der Waals surface area contributed by atoms with E-state index in [-0.39, 0.29) is 5.25 Å². The Morgan fingerprint density at radius 3 is 2.96 bits per heavy atom. The van der Waals surface area contributed by atoms with Crippen molar-refractivity contribution in [1.82, 2.24) is 20.1 Å². The fraction of sp³-hybridized carbons (Fsp3) is 0.188. The highest BCUT2D eigenvalue weighted by Gasteiger charge is 2.19. The van der Waals surface area contributed by atoms with Crippen LogP contribution in [0.25, 0.3) is 22.6 Å². The van der Waals surface area contributed by atoms with E-state index in [1.54, 1.807) is 25.5 Å². The first-order valence-corrected chi connectivity index (χ1v) is 8.19. The Bertz CT molecular complexity index is 961. The largest absolute Gasteiger partial charge is 0.497 e. The molecule has 8 heteroatoms. The predicted octanol–water partition coefficient (Wildman–Crippen LogP) is 4.07. The molecule has 0 saturated heterocycles. The number of nitrogens with one attached hydrogen (secondary N) is 1. The maximum Gasteiger partial charge on any atom is 0.240 e. The molecule has 4 aromatic rings. The van der Waals surface area contributed by atoms with Crippen molar-refractivity contribution >= 4 is 22.8 Å². The Balaban J connectivity index is 1.54. The minimum atomic E-state index is -0.0522. The van der Waals surface area contributed by atoms with E-state index in [0.29, 0.717) is 17.5 Å². The molecule has 122 valence electrons. The topological polar surface area (TPSA) is 90.0 Å². The number of rotatable bonds is 5. The Kier molecular flexibility index (Phi) is 3.73. The first-order valence-electron chi connectivity index (χ1n) is 7.31. The summed E-state index contributed by atoms with van der Waals surface area (Å²) in [5, 5.41) is 4.68. The highest BCUT2D eigenvalue weighted by atomic mass is 32.2. The molecule has 0 fully saturated rings. The molecule has 1 aromatic carbocycles. The predicted molar refractivity (Wildman–Crippen MR) is 88.9 cm³/mol. The lowest BCUT2D eigenvalue weighted by Crippen LogP contribution is -1.89. The molecule has 7 nitrogen and oxygen atoms in total. The summed E-state index contributed by atoms with van der Waals surface area (Å²) in [5.74, 6) is 2.33. The van der Waals surface area contributed by atoms with E-state index in [0.717, 1.165) is 21.9 Å². The molecule has 0 bridgehead atoms. The molecule has 0 saturated carbocycles. The number of methoxy groups -OCH3 is 1. The zero-order valence-corrected chi connectivity index (χ0v) is 13.8. The molecule has 0 amide bonds. The summed E-state index contributed by atoms with van der Waals surface area (Å²) in [6, 6.07) is 9.29. The van der Waals surface area contributed by atoms with Crippen molar-refractivity contribution in [3.63, 3.8) is 0 Å². The molecule has 1 N–H and O–H groups in total. The van der Waals surface area contributed by atoms with Gasteiger partial charge in [-0.05, 0) is 31.2 Å². The molecule has 0 aliphatic heterocycles. The van der Waals surface area contributed by atoms with Crippen LogP contribution in [0.3, 0.4) is 0 Å². The van der Waals surface area contributed by atoms with Gasteiger partial charge in [-0.1, -0.05) is 16.9 Å². The van der Waals surface area contributed by atoms with Gasteiger partial charge >= 0.3 is 0 Å². The van der Waals surface area contributed by atoms with Gasteiger partial charge in [0.25, 0.3) is 0 Å². The lowest BCUT2D eigenvalue weighted by molar-refractivity contribution is 0.379. The van der Waals surface area contributed by atoms with Crippen molar-refractivity contribution in [3.05, 3.63) is 42.5 Å². The van der Waals surface area contributed by atoms with Gasteiger partial charge in [-0.25, -0.2) is 4.98 Å². The number of benzene rings is 1. The molecule has 3 aromatic heterocycles. The molecule has 3 heterocycles. The number of H-pyrrole nitrogens is 1. The zero-order valence-electron chi connectivity index (χ0n) is 13.0. The van der Waals surface area contributed by atoms with E-state index >= 15 is 0 Å². The fourth-order valence-corrected chi connectivity index (χ4v) is 3.12. The number of furan rings is 1. The van der Waals surface area contributed by atoms with E-state index in [1.807, 2.05) is 25.1 Å². The Hall–Kier alpha value is -2.74. The summed E-state index contributed by atoms with van der Waals surface area (Å²) < 4.78 is 15.8. The Labute approximate surface area is 141 Å². The number of thioether (sulfide) groups is 1. The molecule has 0 aliphatic carbocycles. The number of aromatic amines is 1. The van der Waals surface area contributed by atoms with E-state index in [9.17, 15) is 0 Å². The standard InChI is InChI=1S/C16H14N4O3S/c1-9(15-19-14(20-23-15)13-4-3-7-22-13)24-16-17-11-6-5-10(21-2)8-12(11)18-16/h3-9H,1-2H3,(H,17,18). The average Bonchev–Trinajstić information content (AvgIpc) is 3.32. The first kappa shape index (κ1) is 14.8. The maximum atomic E-state index is 5.33. The molecular weight excluding hydrogens is 328 g/mol. The van der Waals surface area contributed by atoms with Gasteiger partial charge in [0.15, 0.2) is 10.9 Å². The molecule has 0 spiro atoms. The number of nitrogens with zero attached hydrogens (tertiary/aromatic N) is 3. The van der Waals surface area contributed by atoms with Gasteiger partial charge in [-0.15, -0.1) is 0 Å². The summed E-state index contributed by atoms with van der Waals surface area (Å²) in [4.78, 5) is 12.2. The van der Waals surface area contributed by atoms with E-state index < -0.39 is 0 Å². The van der Waals surface area contributed by atoms with Gasteiger partial charge in [0.05, 0.1) is 29.7 Å². The summed E-state index contributed by atoms with van der Waals surface area (Å²) in [5.41, 5.74) is 1.80. The smallest absolute Gasteiger partial charge is 0.240 e. The van der Waals surface area contributed by atoms with Crippen LogP contribution in [-0.2, 0) is 0 Å². The number of hydrogen-bond donors (Lipinski definition) is 1. The van der Waals surface area contributed by atoms with Crippen LogP contribution in [0.15, 0.2) is 50.7 Å². The van der Waals surface area contributed by atoms with Gasteiger partial charge in [-0.2, -0.15) is 4.98 Å². The highest BCUT2D eigenvalue weighted by molar-refractivity contribution is 7.99. The Morgan fingerprint density at radius 2 is 2.17 bits per heavy atom. The van der Waals surface area contributed by atoms with Crippen molar-refractivity contribution in [2.24, 2.45) is 0 Å². The van der Waals surface area contributed by atoms with Gasteiger partial charge in [-0.3, -0.25) is 0 Å². The van der Waals surface area contributed by atoms with Crippen LogP contribution in [0, 0.1) is 0 Å². The van der Waals surface area contributed by atoms with Crippen molar-refractivity contribution in [1.29, 1.82) is 0 Å². The lowest BCUT2D eigenvalue weighted by atomic mass is 10.3. The molecule has 4 rings (SSSR count). The van der Waals surface area contributed by atoms with Crippen LogP contribution in [0.5, 0.6) is 5.75 Å². The third-order valence-electron chi connectivity index (χ3n) is 3.49. The van der Waals surface area contributed by atoms with Crippen LogP contribution in [0.2, 0.25) is 0 Å². The van der Waals surface area contributed by atoms with Gasteiger partial charge in [0, 0.05) is 6.07 Å². The third kappa shape index (κ3) is 2.76. The number of ether oxygens (including phenoxy) is 1. The fourth-order valence-electron chi connectivity index (χ4n) is 2.27. The van der Waals surface area contributed by atoms with Crippen molar-refractivity contribution in [2.75, 3.05) is 7.11 Å². The highest BCUT2D eigenvalue weighted by Crippen LogP contribution is 2.34. The van der Waals surface area contributed by atoms with Crippen molar-refractivity contribution in [2.45, 2.75) is 17.3 Å². The first-order chi connectivity index (χ1) is 11.7. The summed E-state index contributed by atoms with van der Waals surface area (Å²) in [6.45, 7) is 1.98. The SMILES string of the molecule is COc1ccc2nc(SC(C)c3nc(-c4ccco4)no3)[nH]c2c1. The normalized spacial score (nSPS) is 12.6. The minimum absolute atomic E-state index is 0.0522. The molecule has 1 atom stereocenters. The molecule has 24 heavy (non-hydrogen) atoms. The monoisotopic (exact) mass is 342 g/mol. The number of aromatic nitrogens is 4. The van der Waals surface area contributed by atoms with Crippen LogP contribution in [0.4, 0.5) is 0 Å². The Morgan fingerprint density at radius 1 is 1.25 bits per heavy atom. The van der Waals surface area contributed by atoms with Crippen LogP contribution >= 0.6 is 11.8 Å². The summed E-state index contributed by atoms with van der Waals surface area (Å²) in [6.07, 6.45) is 1.58. The second-order valence-corrected chi connectivity index (χ2v) is 6.45. The third-order valence-corrected chi connectivity index (χ3v) is 4.46. The van der Waals surface area contributed by atoms with Gasteiger partial charge in [0.2, 0.25) is 11.7 Å². The zero-order chi connectivity index (χ0) is 16.5. The quantitative estimate of drug-likeness (QED) is 0.547.